The number of fused-ring (bicyclic) bond motifs is 2. The lowest BCUT2D eigenvalue weighted by atomic mass is 9.92. The first-order valence-corrected chi connectivity index (χ1v) is 14.4. The molecule has 0 aromatic heterocycles. The van der Waals surface area contributed by atoms with E-state index in [1.807, 2.05) is 0 Å². The van der Waals surface area contributed by atoms with Crippen LogP contribution in [0.25, 0.3) is 44.8 Å². The lowest BCUT2D eigenvalue weighted by Crippen LogP contribution is -1.90. The molecule has 0 bridgehead atoms. The van der Waals surface area contributed by atoms with Crippen LogP contribution in [0.15, 0.2) is 170 Å². The van der Waals surface area contributed by atoms with Crippen molar-refractivity contribution < 1.29 is 0 Å². The zero-order chi connectivity index (χ0) is 28.1. The molecule has 7 rings (SSSR count). The third-order valence-electron chi connectivity index (χ3n) is 7.85. The molecule has 7 aromatic rings. The van der Waals surface area contributed by atoms with Crippen molar-refractivity contribution in [2.75, 3.05) is 0 Å². The smallest absolute Gasteiger partial charge is 0.0105 e. The summed E-state index contributed by atoms with van der Waals surface area (Å²) in [6, 6.07) is 60.8. The van der Waals surface area contributed by atoms with Crippen LogP contribution in [0.1, 0.15) is 33.4 Å². The summed E-state index contributed by atoms with van der Waals surface area (Å²) in [6.07, 6.45) is 4.60. The Balaban J connectivity index is 1.28. The van der Waals surface area contributed by atoms with Crippen LogP contribution >= 0.6 is 0 Å². The lowest BCUT2D eigenvalue weighted by Gasteiger charge is -2.12. The predicted octanol–water partition coefficient (Wildman–Crippen LogP) is 11.2. The molecule has 7 aromatic carbocycles. The molecule has 0 saturated heterocycles. The SMILES string of the molecule is C(=C(c1ccccc1)c1ccc2ccccc2c1)c1ccc(C=C(c2ccccc2)c2ccc3ccccc3c2)cc1. The summed E-state index contributed by atoms with van der Waals surface area (Å²) < 4.78 is 0. The van der Waals surface area contributed by atoms with Gasteiger partial charge >= 0.3 is 0 Å². The molecule has 42 heavy (non-hydrogen) atoms. The first-order chi connectivity index (χ1) is 20.8. The lowest BCUT2D eigenvalue weighted by molar-refractivity contribution is 1.55. The Labute approximate surface area is 247 Å². The van der Waals surface area contributed by atoms with Gasteiger partial charge in [0.25, 0.3) is 0 Å². The highest BCUT2D eigenvalue weighted by Crippen LogP contribution is 2.31. The van der Waals surface area contributed by atoms with Crippen molar-refractivity contribution in [3.8, 4) is 0 Å². The van der Waals surface area contributed by atoms with Gasteiger partial charge in [0.1, 0.15) is 0 Å². The number of hydrogen-bond acceptors (Lipinski definition) is 0. The Morgan fingerprint density at radius 2 is 0.643 bits per heavy atom. The molecule has 0 fully saturated rings. The quantitative estimate of drug-likeness (QED) is 0.186. The predicted molar refractivity (Wildman–Crippen MR) is 181 cm³/mol. The van der Waals surface area contributed by atoms with Gasteiger partial charge in [-0.15, -0.1) is 0 Å². The van der Waals surface area contributed by atoms with Crippen molar-refractivity contribution in [3.05, 3.63) is 203 Å². The average molecular weight is 535 g/mol. The second kappa shape index (κ2) is 11.6. The van der Waals surface area contributed by atoms with Gasteiger partial charge in [0.15, 0.2) is 0 Å². The normalized spacial score (nSPS) is 12.1. The molecule has 0 nitrogen and oxygen atoms in total. The monoisotopic (exact) mass is 534 g/mol. The van der Waals surface area contributed by atoms with Crippen LogP contribution in [-0.4, -0.2) is 0 Å². The van der Waals surface area contributed by atoms with E-state index < -0.39 is 0 Å². The highest BCUT2D eigenvalue weighted by molar-refractivity contribution is 5.97. The summed E-state index contributed by atoms with van der Waals surface area (Å²) in [7, 11) is 0. The van der Waals surface area contributed by atoms with Crippen molar-refractivity contribution >= 4 is 44.8 Å². The Kier molecular flexibility index (Phi) is 7.02. The van der Waals surface area contributed by atoms with Crippen LogP contribution in [-0.2, 0) is 0 Å². The highest BCUT2D eigenvalue weighted by atomic mass is 14.1. The minimum atomic E-state index is 1.17. The van der Waals surface area contributed by atoms with E-state index in [0.717, 1.165) is 0 Å². The zero-order valence-corrected chi connectivity index (χ0v) is 23.3. The summed E-state index contributed by atoms with van der Waals surface area (Å²) in [4.78, 5) is 0. The van der Waals surface area contributed by atoms with Gasteiger partial charge in [-0.3, -0.25) is 0 Å². The molecule has 198 valence electrons. The number of benzene rings is 7. The maximum atomic E-state index is 2.30. The Morgan fingerprint density at radius 1 is 0.286 bits per heavy atom. The molecule has 0 atom stereocenters. The summed E-state index contributed by atoms with van der Waals surface area (Å²) in [5, 5.41) is 5.01. The maximum absolute atomic E-state index is 2.30. The van der Waals surface area contributed by atoms with E-state index in [4.69, 9.17) is 0 Å². The van der Waals surface area contributed by atoms with Gasteiger partial charge in [0.2, 0.25) is 0 Å². The number of hydrogen-bond donors (Lipinski definition) is 0. The van der Waals surface area contributed by atoms with E-state index in [1.54, 1.807) is 0 Å². The Hall–Kier alpha value is -5.46. The summed E-state index contributed by atoms with van der Waals surface area (Å²) >= 11 is 0. The molecule has 0 aliphatic rings. The molecule has 0 saturated carbocycles. The standard InChI is InChI=1S/C42H30/c1-3-13-35(14-4-1)41(39-25-23-33-11-7-9-17-37(33)29-39)27-31-19-21-32(22-20-31)28-42(36-15-5-2-6-16-36)40-26-24-34-12-8-10-18-38(34)30-40/h1-30H. The molecule has 0 aliphatic heterocycles. The van der Waals surface area contributed by atoms with Crippen molar-refractivity contribution in [2.24, 2.45) is 0 Å². The van der Waals surface area contributed by atoms with Gasteiger partial charge < -0.3 is 0 Å². The van der Waals surface area contributed by atoms with E-state index in [-0.39, 0.29) is 0 Å². The van der Waals surface area contributed by atoms with Crippen LogP contribution in [0, 0.1) is 0 Å². The summed E-state index contributed by atoms with van der Waals surface area (Å²) in [6.45, 7) is 0. The molecule has 0 amide bonds. The van der Waals surface area contributed by atoms with Gasteiger partial charge in [-0.05, 0) is 90.4 Å². The first kappa shape index (κ1) is 25.5. The average Bonchev–Trinajstić information content (AvgIpc) is 3.07. The molecular weight excluding hydrogens is 504 g/mol. The van der Waals surface area contributed by atoms with E-state index in [0.29, 0.717) is 0 Å². The second-order valence-corrected chi connectivity index (χ2v) is 10.6. The molecule has 0 unspecified atom stereocenters. The van der Waals surface area contributed by atoms with Gasteiger partial charge in [0, 0.05) is 0 Å². The zero-order valence-electron chi connectivity index (χ0n) is 23.3. The minimum Gasteiger partial charge on any atom is -0.0622 e. The Morgan fingerprint density at radius 3 is 1.05 bits per heavy atom. The summed E-state index contributed by atoms with van der Waals surface area (Å²) in [5.74, 6) is 0. The van der Waals surface area contributed by atoms with E-state index in [9.17, 15) is 0 Å². The Bertz CT molecular complexity index is 1890. The second-order valence-electron chi connectivity index (χ2n) is 10.6. The van der Waals surface area contributed by atoms with Gasteiger partial charge in [-0.2, -0.15) is 0 Å². The highest BCUT2D eigenvalue weighted by Gasteiger charge is 2.09. The molecule has 0 heterocycles. The van der Waals surface area contributed by atoms with Crippen LogP contribution in [0.5, 0.6) is 0 Å². The van der Waals surface area contributed by atoms with E-state index in [2.05, 4.69) is 182 Å². The molecule has 0 spiro atoms. The van der Waals surface area contributed by atoms with Crippen LogP contribution in [0.2, 0.25) is 0 Å². The topological polar surface area (TPSA) is 0 Å². The van der Waals surface area contributed by atoms with Gasteiger partial charge in [-0.25, -0.2) is 0 Å². The van der Waals surface area contributed by atoms with Crippen LogP contribution < -0.4 is 0 Å². The fraction of sp³-hybridized carbons (Fsp3) is 0. The van der Waals surface area contributed by atoms with Crippen LogP contribution in [0.4, 0.5) is 0 Å². The third-order valence-corrected chi connectivity index (χ3v) is 7.85. The van der Waals surface area contributed by atoms with E-state index >= 15 is 0 Å². The minimum absolute atomic E-state index is 1.17. The molecule has 0 aliphatic carbocycles. The molecule has 0 N–H and O–H groups in total. The molecule has 0 radical (unpaired) electrons. The molecular formula is C42H30. The maximum Gasteiger partial charge on any atom is -0.0105 e. The van der Waals surface area contributed by atoms with Crippen molar-refractivity contribution in [1.82, 2.24) is 0 Å². The summed E-state index contributed by atoms with van der Waals surface area (Å²) in [5.41, 5.74) is 9.62. The van der Waals surface area contributed by atoms with Crippen molar-refractivity contribution in [3.63, 3.8) is 0 Å². The number of rotatable bonds is 6. The van der Waals surface area contributed by atoms with E-state index in [1.165, 1.54) is 66.1 Å². The fourth-order valence-electron chi connectivity index (χ4n) is 5.64. The van der Waals surface area contributed by atoms with Crippen LogP contribution in [0.3, 0.4) is 0 Å². The van der Waals surface area contributed by atoms with Gasteiger partial charge in [-0.1, -0.05) is 158 Å². The van der Waals surface area contributed by atoms with Gasteiger partial charge in [0.05, 0.1) is 0 Å². The third kappa shape index (κ3) is 5.44. The first-order valence-electron chi connectivity index (χ1n) is 14.4. The largest absolute Gasteiger partial charge is 0.0622 e. The molecule has 0 heteroatoms. The van der Waals surface area contributed by atoms with Crippen molar-refractivity contribution in [2.45, 2.75) is 0 Å². The fourth-order valence-corrected chi connectivity index (χ4v) is 5.64. The van der Waals surface area contributed by atoms with Crippen molar-refractivity contribution in [1.29, 1.82) is 0 Å².